The van der Waals surface area contributed by atoms with E-state index in [-0.39, 0.29) is 0 Å². The molecule has 0 bridgehead atoms. The van der Waals surface area contributed by atoms with Crippen LogP contribution >= 0.6 is 0 Å². The monoisotopic (exact) mass is 320 g/mol. The minimum absolute atomic E-state index is 0.927. The molecule has 0 aromatic carbocycles. The predicted molar refractivity (Wildman–Crippen MR) is 63.6 cm³/mol. The Balaban J connectivity index is 5.16. The molecule has 0 heterocycles. The summed E-state index contributed by atoms with van der Waals surface area (Å²) in [7, 11) is 0. The lowest BCUT2D eigenvalue weighted by atomic mass is 9.88. The first-order valence-electron chi connectivity index (χ1n) is 5.71. The van der Waals surface area contributed by atoms with Crippen molar-refractivity contribution in [2.24, 2.45) is 21.1 Å². The molecule has 0 atom stereocenters. The molecule has 0 aliphatic heterocycles. The van der Waals surface area contributed by atoms with Crippen LogP contribution in [0.25, 0.3) is 0 Å². The van der Waals surface area contributed by atoms with Gasteiger partial charge in [0.1, 0.15) is 0 Å². The standard InChI is InChI=1S/C10H16N4O8/c11-1-9(5(15)16,6(17)18)3-13-14-4-10(2-12,7(19)20)8(21)22/h5-8,15-22H,3-4H2. The summed E-state index contributed by atoms with van der Waals surface area (Å²) in [5.74, 6) is 0. The van der Waals surface area contributed by atoms with Gasteiger partial charge in [-0.2, -0.15) is 20.8 Å². The average molecular weight is 320 g/mol. The molecule has 12 nitrogen and oxygen atoms in total. The molecule has 0 aliphatic carbocycles. The normalized spacial score (nSPS) is 13.4. The van der Waals surface area contributed by atoms with Gasteiger partial charge in [-0.05, 0) is 0 Å². The van der Waals surface area contributed by atoms with Crippen LogP contribution in [0.5, 0.6) is 0 Å². The minimum atomic E-state index is -2.52. The Morgan fingerprint density at radius 3 is 1.00 bits per heavy atom. The molecule has 0 saturated carbocycles. The summed E-state index contributed by atoms with van der Waals surface area (Å²) < 4.78 is 0. The molecular weight excluding hydrogens is 304 g/mol. The lowest BCUT2D eigenvalue weighted by molar-refractivity contribution is -0.210. The molecule has 0 aromatic heterocycles. The second-order valence-corrected chi connectivity index (χ2v) is 4.40. The van der Waals surface area contributed by atoms with Crippen LogP contribution in [0, 0.1) is 33.5 Å². The van der Waals surface area contributed by atoms with Gasteiger partial charge in [0.2, 0.25) is 0 Å². The van der Waals surface area contributed by atoms with E-state index in [1.54, 1.807) is 0 Å². The number of hydrogen-bond donors (Lipinski definition) is 8. The fourth-order valence-corrected chi connectivity index (χ4v) is 1.23. The highest BCUT2D eigenvalue weighted by Crippen LogP contribution is 2.27. The molecule has 0 saturated heterocycles. The van der Waals surface area contributed by atoms with Gasteiger partial charge < -0.3 is 40.9 Å². The van der Waals surface area contributed by atoms with Crippen molar-refractivity contribution in [3.8, 4) is 12.1 Å². The van der Waals surface area contributed by atoms with Crippen LogP contribution in [-0.4, -0.2) is 79.1 Å². The number of rotatable bonds is 8. The highest BCUT2D eigenvalue weighted by atomic mass is 16.5. The summed E-state index contributed by atoms with van der Waals surface area (Å²) >= 11 is 0. The van der Waals surface area contributed by atoms with Crippen LogP contribution in [0.1, 0.15) is 0 Å². The largest absolute Gasteiger partial charge is 0.367 e. The van der Waals surface area contributed by atoms with Gasteiger partial charge in [0.05, 0.1) is 25.2 Å². The van der Waals surface area contributed by atoms with Crippen molar-refractivity contribution in [2.75, 3.05) is 13.1 Å². The zero-order valence-corrected chi connectivity index (χ0v) is 11.1. The summed E-state index contributed by atoms with van der Waals surface area (Å²) in [5.41, 5.74) is -5.04. The number of aliphatic hydroxyl groups is 8. The van der Waals surface area contributed by atoms with E-state index < -0.39 is 49.1 Å². The SMILES string of the molecule is N#CC(CN=NCC(C#N)(C(O)O)C(O)O)(C(O)O)C(O)O. The quantitative estimate of drug-likeness (QED) is 0.158. The molecule has 0 aliphatic rings. The highest BCUT2D eigenvalue weighted by molar-refractivity contribution is 5.05. The smallest absolute Gasteiger partial charge is 0.179 e. The number of aliphatic hydroxyl groups excluding tert-OH is 4. The summed E-state index contributed by atoms with van der Waals surface area (Å²) in [5, 5.41) is 96.1. The number of nitriles is 2. The second-order valence-electron chi connectivity index (χ2n) is 4.40. The van der Waals surface area contributed by atoms with Gasteiger partial charge in [-0.25, -0.2) is 0 Å². The van der Waals surface area contributed by atoms with Gasteiger partial charge in [0, 0.05) is 0 Å². The third-order valence-electron chi connectivity index (χ3n) is 3.02. The molecule has 0 radical (unpaired) electrons. The van der Waals surface area contributed by atoms with Crippen LogP contribution in [0.15, 0.2) is 10.2 Å². The van der Waals surface area contributed by atoms with Gasteiger partial charge >= 0.3 is 0 Å². The molecule has 0 amide bonds. The first kappa shape index (κ1) is 20.3. The van der Waals surface area contributed by atoms with E-state index in [9.17, 15) is 0 Å². The van der Waals surface area contributed by atoms with Crippen LogP contribution in [-0.2, 0) is 0 Å². The maximum absolute atomic E-state index is 9.01. The van der Waals surface area contributed by atoms with Crippen molar-refractivity contribution in [1.82, 2.24) is 0 Å². The van der Waals surface area contributed by atoms with E-state index in [2.05, 4.69) is 10.2 Å². The van der Waals surface area contributed by atoms with Crippen LogP contribution in [0.4, 0.5) is 0 Å². The fraction of sp³-hybridized carbons (Fsp3) is 0.800. The lowest BCUT2D eigenvalue weighted by Gasteiger charge is -2.28. The van der Waals surface area contributed by atoms with Gasteiger partial charge in [-0.15, -0.1) is 0 Å². The van der Waals surface area contributed by atoms with Crippen molar-refractivity contribution < 1.29 is 40.9 Å². The number of hydrogen-bond acceptors (Lipinski definition) is 12. The summed E-state index contributed by atoms with van der Waals surface area (Å²) in [6, 6.07) is 2.51. The number of azo groups is 1. The maximum Gasteiger partial charge on any atom is 0.179 e. The van der Waals surface area contributed by atoms with Crippen LogP contribution < -0.4 is 0 Å². The first-order valence-corrected chi connectivity index (χ1v) is 5.71. The maximum atomic E-state index is 9.01. The van der Waals surface area contributed by atoms with Crippen molar-refractivity contribution in [1.29, 1.82) is 10.5 Å². The van der Waals surface area contributed by atoms with Crippen LogP contribution in [0.3, 0.4) is 0 Å². The van der Waals surface area contributed by atoms with E-state index in [0.29, 0.717) is 0 Å². The zero-order chi connectivity index (χ0) is 17.6. The third-order valence-corrected chi connectivity index (χ3v) is 3.02. The summed E-state index contributed by atoms with van der Waals surface area (Å²) in [6.07, 6.45) is -9.93. The molecule has 124 valence electrons. The molecule has 0 rings (SSSR count). The van der Waals surface area contributed by atoms with E-state index in [1.807, 2.05) is 0 Å². The Bertz CT molecular complexity index is 407. The molecule has 0 fully saturated rings. The summed E-state index contributed by atoms with van der Waals surface area (Å²) in [4.78, 5) is 0. The fourth-order valence-electron chi connectivity index (χ4n) is 1.23. The van der Waals surface area contributed by atoms with Gasteiger partial charge in [0.25, 0.3) is 0 Å². The zero-order valence-electron chi connectivity index (χ0n) is 11.1. The van der Waals surface area contributed by atoms with Crippen molar-refractivity contribution >= 4 is 0 Å². The topological polar surface area (TPSA) is 234 Å². The molecule has 0 spiro atoms. The highest BCUT2D eigenvalue weighted by Gasteiger charge is 2.46. The van der Waals surface area contributed by atoms with Crippen molar-refractivity contribution in [2.45, 2.75) is 25.2 Å². The van der Waals surface area contributed by atoms with Crippen LogP contribution in [0.2, 0.25) is 0 Å². The minimum Gasteiger partial charge on any atom is -0.367 e. The summed E-state index contributed by atoms with van der Waals surface area (Å²) in [6.45, 7) is -1.85. The molecule has 0 unspecified atom stereocenters. The van der Waals surface area contributed by atoms with Gasteiger partial charge in [0.15, 0.2) is 36.0 Å². The average Bonchev–Trinajstić information content (AvgIpc) is 2.41. The third kappa shape index (κ3) is 3.92. The van der Waals surface area contributed by atoms with E-state index in [1.165, 1.54) is 12.1 Å². The molecule has 0 aromatic rings. The molecule has 12 heteroatoms. The Kier molecular flexibility index (Phi) is 7.41. The molecular formula is C10H16N4O8. The van der Waals surface area contributed by atoms with Crippen molar-refractivity contribution in [3.05, 3.63) is 0 Å². The predicted octanol–water partition coefficient (Wildman–Crippen LogP) is -4.30. The van der Waals surface area contributed by atoms with Crippen molar-refractivity contribution in [3.63, 3.8) is 0 Å². The first-order chi connectivity index (χ1) is 10.1. The van der Waals surface area contributed by atoms with Gasteiger partial charge in [-0.1, -0.05) is 0 Å². The lowest BCUT2D eigenvalue weighted by Crippen LogP contribution is -2.47. The van der Waals surface area contributed by atoms with E-state index in [0.717, 1.165) is 0 Å². The Labute approximate surface area is 124 Å². The Hall–Kier alpha value is -1.74. The Morgan fingerprint density at radius 1 is 0.636 bits per heavy atom. The second kappa shape index (κ2) is 8.04. The molecule has 22 heavy (non-hydrogen) atoms. The molecule has 8 N–H and O–H groups in total. The number of nitrogens with zero attached hydrogens (tertiary/aromatic N) is 4. The van der Waals surface area contributed by atoms with E-state index in [4.69, 9.17) is 51.4 Å². The van der Waals surface area contributed by atoms with E-state index >= 15 is 0 Å². The Morgan fingerprint density at radius 2 is 0.864 bits per heavy atom. The van der Waals surface area contributed by atoms with Gasteiger partial charge in [-0.3, -0.25) is 0 Å².